The molecule has 1 aromatic rings. The third-order valence-electron chi connectivity index (χ3n) is 4.49. The summed E-state index contributed by atoms with van der Waals surface area (Å²) in [5.41, 5.74) is 0.373. The number of amides is 1. The van der Waals surface area contributed by atoms with E-state index in [4.69, 9.17) is 4.74 Å². The number of rotatable bonds is 4. The Labute approximate surface area is 120 Å². The van der Waals surface area contributed by atoms with E-state index < -0.39 is 5.60 Å². The molecule has 4 nitrogen and oxygen atoms in total. The highest BCUT2D eigenvalue weighted by Crippen LogP contribution is 2.39. The fourth-order valence-electron chi connectivity index (χ4n) is 3.16. The number of β-lactam (4-membered cyclic amide) rings is 1. The predicted molar refractivity (Wildman–Crippen MR) is 76.9 cm³/mol. The lowest BCUT2D eigenvalue weighted by Gasteiger charge is -2.52. The van der Waals surface area contributed by atoms with Gasteiger partial charge in [0.1, 0.15) is 6.17 Å². The number of nitrogens with zero attached hydrogens (tertiary/aromatic N) is 1. The van der Waals surface area contributed by atoms with Crippen LogP contribution in [-0.4, -0.2) is 35.2 Å². The van der Waals surface area contributed by atoms with Gasteiger partial charge in [0.25, 0.3) is 5.91 Å². The van der Waals surface area contributed by atoms with Crippen molar-refractivity contribution in [3.63, 3.8) is 0 Å². The number of nitrogens with one attached hydrogen (secondary N) is 1. The Balaban J connectivity index is 1.68. The van der Waals surface area contributed by atoms with Gasteiger partial charge in [0.05, 0.1) is 6.61 Å². The van der Waals surface area contributed by atoms with Crippen molar-refractivity contribution in [1.29, 1.82) is 0 Å². The third-order valence-corrected chi connectivity index (χ3v) is 4.49. The molecule has 3 rings (SSSR count). The standard InChI is InChI=1S/C16H22N2O2/c1-11(2)13-9-17-14-16(3,15(19)18(13)14)20-10-12-7-5-4-6-8-12/h4-8,11,13-14,17H,9-10H2,1-3H3/t13-,14+,16-/m1/s1. The summed E-state index contributed by atoms with van der Waals surface area (Å²) in [6.07, 6.45) is 0.0195. The molecule has 0 aliphatic carbocycles. The van der Waals surface area contributed by atoms with Crippen LogP contribution >= 0.6 is 0 Å². The fourth-order valence-corrected chi connectivity index (χ4v) is 3.16. The van der Waals surface area contributed by atoms with Crippen LogP contribution in [0, 0.1) is 5.92 Å². The molecular formula is C16H22N2O2. The van der Waals surface area contributed by atoms with Crippen molar-refractivity contribution in [3.8, 4) is 0 Å². The normalized spacial score (nSPS) is 32.4. The van der Waals surface area contributed by atoms with Crippen LogP contribution in [0.25, 0.3) is 0 Å². The van der Waals surface area contributed by atoms with Crippen molar-refractivity contribution in [1.82, 2.24) is 10.2 Å². The summed E-state index contributed by atoms with van der Waals surface area (Å²) in [5.74, 6) is 0.581. The topological polar surface area (TPSA) is 41.6 Å². The monoisotopic (exact) mass is 274 g/mol. The van der Waals surface area contributed by atoms with Crippen LogP contribution in [0.4, 0.5) is 0 Å². The van der Waals surface area contributed by atoms with E-state index in [1.54, 1.807) is 0 Å². The van der Waals surface area contributed by atoms with Crippen LogP contribution in [0.3, 0.4) is 0 Å². The molecule has 2 heterocycles. The molecule has 0 bridgehead atoms. The first-order valence-electron chi connectivity index (χ1n) is 7.28. The van der Waals surface area contributed by atoms with E-state index in [2.05, 4.69) is 19.2 Å². The second-order valence-electron chi connectivity index (χ2n) is 6.22. The van der Waals surface area contributed by atoms with Crippen molar-refractivity contribution in [2.24, 2.45) is 5.92 Å². The minimum atomic E-state index is -0.723. The van der Waals surface area contributed by atoms with Gasteiger partial charge in [-0.3, -0.25) is 10.1 Å². The van der Waals surface area contributed by atoms with E-state index in [1.807, 2.05) is 42.2 Å². The molecule has 1 N–H and O–H groups in total. The zero-order valence-electron chi connectivity index (χ0n) is 12.3. The zero-order chi connectivity index (χ0) is 14.3. The molecule has 0 radical (unpaired) electrons. The molecule has 0 unspecified atom stereocenters. The maximum absolute atomic E-state index is 12.5. The molecule has 3 atom stereocenters. The van der Waals surface area contributed by atoms with Gasteiger partial charge < -0.3 is 9.64 Å². The van der Waals surface area contributed by atoms with Crippen LogP contribution in [0.1, 0.15) is 26.3 Å². The first kappa shape index (κ1) is 13.6. The molecule has 2 saturated heterocycles. The molecule has 20 heavy (non-hydrogen) atoms. The van der Waals surface area contributed by atoms with Gasteiger partial charge in [-0.2, -0.15) is 0 Å². The van der Waals surface area contributed by atoms with Crippen LogP contribution in [0.5, 0.6) is 0 Å². The SMILES string of the molecule is CC(C)[C@H]1CN[C@H]2N1C(=O)[C@]2(C)OCc1ccccc1. The largest absolute Gasteiger partial charge is 0.357 e. The van der Waals surface area contributed by atoms with Crippen LogP contribution < -0.4 is 5.32 Å². The molecular weight excluding hydrogens is 252 g/mol. The molecule has 1 aromatic carbocycles. The van der Waals surface area contributed by atoms with Gasteiger partial charge in [0, 0.05) is 12.6 Å². The van der Waals surface area contributed by atoms with Gasteiger partial charge in [-0.1, -0.05) is 44.2 Å². The number of carbonyl (C=O) groups is 1. The fraction of sp³-hybridized carbons (Fsp3) is 0.562. The van der Waals surface area contributed by atoms with Gasteiger partial charge in [-0.05, 0) is 18.4 Å². The van der Waals surface area contributed by atoms with E-state index in [9.17, 15) is 4.79 Å². The lowest BCUT2D eigenvalue weighted by Crippen LogP contribution is -2.75. The molecule has 2 aliphatic rings. The van der Waals surface area contributed by atoms with E-state index in [0.717, 1.165) is 12.1 Å². The first-order valence-corrected chi connectivity index (χ1v) is 7.28. The third kappa shape index (κ3) is 1.95. The van der Waals surface area contributed by atoms with Crippen molar-refractivity contribution in [2.75, 3.05) is 6.54 Å². The van der Waals surface area contributed by atoms with E-state index in [1.165, 1.54) is 0 Å². The molecule has 2 fully saturated rings. The molecule has 1 amide bonds. The van der Waals surface area contributed by atoms with Crippen LogP contribution in [-0.2, 0) is 16.1 Å². The first-order chi connectivity index (χ1) is 9.54. The van der Waals surface area contributed by atoms with Gasteiger partial charge in [-0.25, -0.2) is 0 Å². The molecule has 0 saturated carbocycles. The number of benzene rings is 1. The summed E-state index contributed by atoms with van der Waals surface area (Å²) >= 11 is 0. The highest BCUT2D eigenvalue weighted by atomic mass is 16.5. The van der Waals surface area contributed by atoms with Gasteiger partial charge in [0.15, 0.2) is 5.60 Å². The average Bonchev–Trinajstić information content (AvgIpc) is 2.88. The summed E-state index contributed by atoms with van der Waals surface area (Å²) in [4.78, 5) is 14.4. The number of carbonyl (C=O) groups excluding carboxylic acids is 1. The summed E-state index contributed by atoms with van der Waals surface area (Å²) in [5, 5.41) is 3.42. The summed E-state index contributed by atoms with van der Waals surface area (Å²) in [7, 11) is 0. The molecule has 108 valence electrons. The van der Waals surface area contributed by atoms with E-state index >= 15 is 0 Å². The highest BCUT2D eigenvalue weighted by molar-refractivity contribution is 5.93. The Morgan fingerprint density at radius 2 is 2.10 bits per heavy atom. The summed E-state index contributed by atoms with van der Waals surface area (Å²) in [6.45, 7) is 7.54. The van der Waals surface area contributed by atoms with Crippen molar-refractivity contribution >= 4 is 5.91 Å². The number of hydrogen-bond acceptors (Lipinski definition) is 3. The Morgan fingerprint density at radius 3 is 2.75 bits per heavy atom. The smallest absolute Gasteiger partial charge is 0.259 e. The second-order valence-corrected chi connectivity index (χ2v) is 6.22. The molecule has 2 aliphatic heterocycles. The Morgan fingerprint density at radius 1 is 1.40 bits per heavy atom. The van der Waals surface area contributed by atoms with Gasteiger partial charge in [0.2, 0.25) is 0 Å². The molecule has 0 aromatic heterocycles. The molecule has 0 spiro atoms. The second kappa shape index (κ2) is 4.86. The van der Waals surface area contributed by atoms with Crippen LogP contribution in [0.2, 0.25) is 0 Å². The maximum Gasteiger partial charge on any atom is 0.259 e. The van der Waals surface area contributed by atoms with Gasteiger partial charge >= 0.3 is 0 Å². The zero-order valence-corrected chi connectivity index (χ0v) is 12.3. The van der Waals surface area contributed by atoms with E-state index in [0.29, 0.717) is 18.6 Å². The Bertz CT molecular complexity index is 502. The quantitative estimate of drug-likeness (QED) is 0.851. The average molecular weight is 274 g/mol. The van der Waals surface area contributed by atoms with Crippen molar-refractivity contribution < 1.29 is 9.53 Å². The Hall–Kier alpha value is -1.39. The minimum Gasteiger partial charge on any atom is -0.357 e. The summed E-state index contributed by atoms with van der Waals surface area (Å²) < 4.78 is 5.95. The number of hydrogen-bond donors (Lipinski definition) is 1. The van der Waals surface area contributed by atoms with Gasteiger partial charge in [-0.15, -0.1) is 0 Å². The molecule has 4 heteroatoms. The number of ether oxygens (including phenoxy) is 1. The van der Waals surface area contributed by atoms with Crippen molar-refractivity contribution in [3.05, 3.63) is 35.9 Å². The predicted octanol–water partition coefficient (Wildman–Crippen LogP) is 1.76. The van der Waals surface area contributed by atoms with Crippen molar-refractivity contribution in [2.45, 2.75) is 45.2 Å². The maximum atomic E-state index is 12.5. The lowest BCUT2D eigenvalue weighted by atomic mass is 9.88. The minimum absolute atomic E-state index is 0.0195. The highest BCUT2D eigenvalue weighted by Gasteiger charge is 2.63. The van der Waals surface area contributed by atoms with Crippen LogP contribution in [0.15, 0.2) is 30.3 Å². The summed E-state index contributed by atoms with van der Waals surface area (Å²) in [6, 6.07) is 10.3. The van der Waals surface area contributed by atoms with E-state index in [-0.39, 0.29) is 12.1 Å². The number of fused-ring (bicyclic) bond motifs is 1. The Kier molecular flexibility index (Phi) is 3.30. The lowest BCUT2D eigenvalue weighted by molar-refractivity contribution is -0.204.